The van der Waals surface area contributed by atoms with Gasteiger partial charge in [0.05, 0.1) is 5.69 Å². The second-order valence-electron chi connectivity index (χ2n) is 5.62. The van der Waals surface area contributed by atoms with Gasteiger partial charge in [0.2, 0.25) is 21.8 Å². The Bertz CT molecular complexity index is 777. The van der Waals surface area contributed by atoms with E-state index in [0.717, 1.165) is 4.31 Å². The fourth-order valence-electron chi connectivity index (χ4n) is 2.34. The lowest BCUT2D eigenvalue weighted by Crippen LogP contribution is -2.45. The van der Waals surface area contributed by atoms with Crippen LogP contribution in [0.2, 0.25) is 0 Å². The summed E-state index contributed by atoms with van der Waals surface area (Å²) in [6.45, 7) is 4.29. The standard InChI is InChI=1S/C16H21N3O4S2/c1-4-15(20)19-9-10-24-13(11-19)16(21)17-12-7-5-6-8-14(12)25(22,23)18(2)3/h4-8,13H,1,9-11H2,2-3H3,(H,17,21). The first-order chi connectivity index (χ1) is 11.8. The second kappa shape index (κ2) is 8.03. The van der Waals surface area contributed by atoms with E-state index in [0.29, 0.717) is 12.3 Å². The van der Waals surface area contributed by atoms with Crippen LogP contribution in [0, 0.1) is 0 Å². The first-order valence-corrected chi connectivity index (χ1v) is 10.1. The minimum absolute atomic E-state index is 0.0354. The van der Waals surface area contributed by atoms with Gasteiger partial charge in [0.1, 0.15) is 10.1 Å². The fourth-order valence-corrected chi connectivity index (χ4v) is 4.49. The van der Waals surface area contributed by atoms with E-state index >= 15 is 0 Å². The van der Waals surface area contributed by atoms with Gasteiger partial charge in [-0.05, 0) is 18.2 Å². The Hall–Kier alpha value is -1.84. The molecule has 1 saturated heterocycles. The van der Waals surface area contributed by atoms with Crippen molar-refractivity contribution in [3.63, 3.8) is 0 Å². The predicted octanol–water partition coefficient (Wildman–Crippen LogP) is 1.01. The van der Waals surface area contributed by atoms with Crippen molar-refractivity contribution in [3.05, 3.63) is 36.9 Å². The van der Waals surface area contributed by atoms with Crippen molar-refractivity contribution in [3.8, 4) is 0 Å². The lowest BCUT2D eigenvalue weighted by Gasteiger charge is -2.31. The van der Waals surface area contributed by atoms with Crippen molar-refractivity contribution in [1.29, 1.82) is 0 Å². The summed E-state index contributed by atoms with van der Waals surface area (Å²) in [6, 6.07) is 6.26. The topological polar surface area (TPSA) is 86.8 Å². The minimum atomic E-state index is -3.68. The van der Waals surface area contributed by atoms with E-state index in [9.17, 15) is 18.0 Å². The highest BCUT2D eigenvalue weighted by Gasteiger charge is 2.29. The lowest BCUT2D eigenvalue weighted by molar-refractivity contribution is -0.126. The summed E-state index contributed by atoms with van der Waals surface area (Å²) in [5.74, 6) is 0.0941. The molecule has 0 aliphatic carbocycles. The molecule has 9 heteroatoms. The van der Waals surface area contributed by atoms with Crippen molar-refractivity contribution < 1.29 is 18.0 Å². The van der Waals surface area contributed by atoms with Gasteiger partial charge < -0.3 is 10.2 Å². The number of nitrogens with one attached hydrogen (secondary N) is 1. The third-order valence-electron chi connectivity index (χ3n) is 3.75. The molecule has 1 aliphatic rings. The van der Waals surface area contributed by atoms with Gasteiger partial charge in [-0.3, -0.25) is 9.59 Å². The van der Waals surface area contributed by atoms with E-state index in [-0.39, 0.29) is 28.9 Å². The van der Waals surface area contributed by atoms with Gasteiger partial charge in [-0.2, -0.15) is 0 Å². The van der Waals surface area contributed by atoms with E-state index in [4.69, 9.17) is 0 Å². The highest BCUT2D eigenvalue weighted by atomic mass is 32.2. The summed E-state index contributed by atoms with van der Waals surface area (Å²) < 4.78 is 25.9. The van der Waals surface area contributed by atoms with Gasteiger partial charge in [0, 0.05) is 32.9 Å². The Labute approximate surface area is 152 Å². The van der Waals surface area contributed by atoms with Crippen LogP contribution >= 0.6 is 11.8 Å². The van der Waals surface area contributed by atoms with Crippen molar-refractivity contribution in [2.75, 3.05) is 38.3 Å². The van der Waals surface area contributed by atoms with Gasteiger partial charge in [-0.25, -0.2) is 12.7 Å². The number of carbonyl (C=O) groups is 2. The average molecular weight is 383 g/mol. The number of carbonyl (C=O) groups excluding carboxylic acids is 2. The first kappa shape index (κ1) is 19.5. The van der Waals surface area contributed by atoms with Crippen LogP contribution in [-0.4, -0.2) is 67.6 Å². The Balaban J connectivity index is 2.19. The SMILES string of the molecule is C=CC(=O)N1CCSC(C(=O)Nc2ccccc2S(=O)(=O)N(C)C)C1. The molecule has 0 radical (unpaired) electrons. The second-order valence-corrected chi connectivity index (χ2v) is 9.05. The molecular formula is C16H21N3O4S2. The van der Waals surface area contributed by atoms with Crippen LogP contribution in [0.25, 0.3) is 0 Å². The summed E-state index contributed by atoms with van der Waals surface area (Å²) in [7, 11) is -0.810. The first-order valence-electron chi connectivity index (χ1n) is 7.62. The van der Waals surface area contributed by atoms with E-state index in [1.165, 1.54) is 38.0 Å². The van der Waals surface area contributed by atoms with Gasteiger partial charge in [-0.15, -0.1) is 11.8 Å². The monoisotopic (exact) mass is 383 g/mol. The van der Waals surface area contributed by atoms with Crippen molar-refractivity contribution in [1.82, 2.24) is 9.21 Å². The van der Waals surface area contributed by atoms with Crippen LogP contribution in [-0.2, 0) is 19.6 Å². The van der Waals surface area contributed by atoms with Gasteiger partial charge in [0.15, 0.2) is 0 Å². The number of para-hydroxylation sites is 1. The van der Waals surface area contributed by atoms with E-state index < -0.39 is 15.3 Å². The molecular weight excluding hydrogens is 362 g/mol. The summed E-state index contributed by atoms with van der Waals surface area (Å²) in [4.78, 5) is 25.9. The van der Waals surface area contributed by atoms with Crippen LogP contribution in [0.3, 0.4) is 0 Å². The summed E-state index contributed by atoms with van der Waals surface area (Å²) >= 11 is 1.44. The molecule has 2 rings (SSSR count). The summed E-state index contributed by atoms with van der Waals surface area (Å²) in [5, 5.41) is 2.22. The number of hydrogen-bond donors (Lipinski definition) is 1. The molecule has 1 N–H and O–H groups in total. The number of sulfonamides is 1. The van der Waals surface area contributed by atoms with Crippen LogP contribution in [0.5, 0.6) is 0 Å². The van der Waals surface area contributed by atoms with E-state index in [2.05, 4.69) is 11.9 Å². The number of rotatable bonds is 5. The van der Waals surface area contributed by atoms with Gasteiger partial charge in [0.25, 0.3) is 0 Å². The molecule has 0 spiro atoms. The fraction of sp³-hybridized carbons (Fsp3) is 0.375. The molecule has 1 fully saturated rings. The number of amides is 2. The highest BCUT2D eigenvalue weighted by molar-refractivity contribution is 8.00. The quantitative estimate of drug-likeness (QED) is 0.767. The number of thioether (sulfide) groups is 1. The smallest absolute Gasteiger partial charge is 0.246 e. The molecule has 1 aromatic rings. The zero-order valence-corrected chi connectivity index (χ0v) is 15.8. The maximum absolute atomic E-state index is 12.6. The Morgan fingerprint density at radius 2 is 2.04 bits per heavy atom. The number of hydrogen-bond acceptors (Lipinski definition) is 5. The third kappa shape index (κ3) is 4.42. The normalized spacial score (nSPS) is 18.0. The van der Waals surface area contributed by atoms with Crippen molar-refractivity contribution >= 4 is 39.3 Å². The molecule has 1 heterocycles. The predicted molar refractivity (Wildman–Crippen MR) is 99.0 cm³/mol. The van der Waals surface area contributed by atoms with Crippen LogP contribution < -0.4 is 5.32 Å². The van der Waals surface area contributed by atoms with Crippen LogP contribution in [0.15, 0.2) is 41.8 Å². The molecule has 0 saturated carbocycles. The molecule has 0 bridgehead atoms. The molecule has 0 aromatic heterocycles. The van der Waals surface area contributed by atoms with E-state index in [1.54, 1.807) is 23.1 Å². The highest BCUT2D eigenvalue weighted by Crippen LogP contribution is 2.25. The Morgan fingerprint density at radius 3 is 2.68 bits per heavy atom. The number of benzene rings is 1. The Kier molecular flexibility index (Phi) is 6.26. The summed E-state index contributed by atoms with van der Waals surface area (Å²) in [5.41, 5.74) is 0.231. The minimum Gasteiger partial charge on any atom is -0.337 e. The molecule has 25 heavy (non-hydrogen) atoms. The zero-order chi connectivity index (χ0) is 18.6. The van der Waals surface area contributed by atoms with Crippen LogP contribution in [0.1, 0.15) is 0 Å². The van der Waals surface area contributed by atoms with Gasteiger partial charge >= 0.3 is 0 Å². The molecule has 7 nitrogen and oxygen atoms in total. The average Bonchev–Trinajstić information content (AvgIpc) is 2.61. The third-order valence-corrected chi connectivity index (χ3v) is 6.81. The van der Waals surface area contributed by atoms with Crippen molar-refractivity contribution in [2.24, 2.45) is 0 Å². The molecule has 2 amide bonds. The largest absolute Gasteiger partial charge is 0.337 e. The Morgan fingerprint density at radius 1 is 1.36 bits per heavy atom. The molecule has 1 unspecified atom stereocenters. The summed E-state index contributed by atoms with van der Waals surface area (Å²) in [6.07, 6.45) is 1.23. The lowest BCUT2D eigenvalue weighted by atomic mass is 10.3. The maximum Gasteiger partial charge on any atom is 0.246 e. The van der Waals surface area contributed by atoms with Crippen molar-refractivity contribution in [2.45, 2.75) is 10.1 Å². The van der Waals surface area contributed by atoms with E-state index in [1.807, 2.05) is 0 Å². The number of nitrogens with zero attached hydrogens (tertiary/aromatic N) is 2. The molecule has 1 atom stereocenters. The van der Waals surface area contributed by atoms with Gasteiger partial charge in [-0.1, -0.05) is 18.7 Å². The molecule has 1 aromatic carbocycles. The maximum atomic E-state index is 12.6. The molecule has 136 valence electrons. The van der Waals surface area contributed by atoms with Crippen LogP contribution in [0.4, 0.5) is 5.69 Å². The number of anilines is 1. The zero-order valence-electron chi connectivity index (χ0n) is 14.1. The molecule has 1 aliphatic heterocycles.